The van der Waals surface area contributed by atoms with Crippen molar-refractivity contribution in [2.45, 2.75) is 12.8 Å². The minimum atomic E-state index is -0.0196. The van der Waals surface area contributed by atoms with Crippen molar-refractivity contribution in [3.63, 3.8) is 0 Å². The molecule has 2 heterocycles. The predicted octanol–water partition coefficient (Wildman–Crippen LogP) is 3.68. The number of nitrogens with zero attached hydrogens (tertiary/aromatic N) is 2. The van der Waals surface area contributed by atoms with E-state index in [4.69, 9.17) is 0 Å². The summed E-state index contributed by atoms with van der Waals surface area (Å²) in [6.07, 6.45) is 4.03. The van der Waals surface area contributed by atoms with Crippen molar-refractivity contribution >= 4 is 27.4 Å². The second-order valence-corrected chi connectivity index (χ2v) is 5.82. The molecule has 1 fully saturated rings. The monoisotopic (exact) mass is 330 g/mol. The summed E-state index contributed by atoms with van der Waals surface area (Å²) in [7, 11) is 0. The summed E-state index contributed by atoms with van der Waals surface area (Å²) >= 11 is 3.45. The quantitative estimate of drug-likeness (QED) is 0.805. The summed E-state index contributed by atoms with van der Waals surface area (Å²) in [5.41, 5.74) is 2.23. The molecule has 0 bridgehead atoms. The minimum absolute atomic E-state index is 0.0196. The zero-order chi connectivity index (χ0) is 13.9. The van der Waals surface area contributed by atoms with Gasteiger partial charge >= 0.3 is 0 Å². The Kier molecular flexibility index (Phi) is 3.83. The second kappa shape index (κ2) is 5.75. The van der Waals surface area contributed by atoms with Crippen LogP contribution in [0.4, 0.5) is 5.69 Å². The Morgan fingerprint density at radius 2 is 1.95 bits per heavy atom. The number of rotatable bonds is 3. The highest BCUT2D eigenvalue weighted by Crippen LogP contribution is 2.29. The van der Waals surface area contributed by atoms with Crippen LogP contribution in [0.15, 0.2) is 47.1 Å². The molecule has 0 aliphatic carbocycles. The molecule has 0 spiro atoms. The highest BCUT2D eigenvalue weighted by molar-refractivity contribution is 9.10. The number of hydrogen-bond donors (Lipinski definition) is 0. The molecule has 1 aromatic heterocycles. The van der Waals surface area contributed by atoms with E-state index in [2.05, 4.69) is 25.8 Å². The van der Waals surface area contributed by atoms with E-state index < -0.39 is 0 Å². The molecule has 3 rings (SSSR count). The lowest BCUT2D eigenvalue weighted by Gasteiger charge is -2.21. The first-order chi connectivity index (χ1) is 9.75. The van der Waals surface area contributed by atoms with Gasteiger partial charge < -0.3 is 4.90 Å². The Balaban J connectivity index is 2.03. The molecule has 0 amide bonds. The van der Waals surface area contributed by atoms with Gasteiger partial charge in [0.2, 0.25) is 5.78 Å². The van der Waals surface area contributed by atoms with Crippen molar-refractivity contribution in [2.75, 3.05) is 18.0 Å². The number of pyridine rings is 1. The van der Waals surface area contributed by atoms with Crippen LogP contribution in [-0.2, 0) is 0 Å². The standard InChI is InChI=1S/C16H15BrN2O/c17-12-6-7-15(19-9-3-4-10-19)13(11-12)16(20)14-5-1-2-8-18-14/h1-2,5-8,11H,3-4,9-10H2. The van der Waals surface area contributed by atoms with Gasteiger partial charge in [-0.3, -0.25) is 9.78 Å². The number of carbonyl (C=O) groups excluding carboxylic acids is 1. The first-order valence-electron chi connectivity index (χ1n) is 6.76. The molecule has 102 valence electrons. The number of aromatic nitrogens is 1. The number of halogens is 1. The normalized spacial score (nSPS) is 14.6. The largest absolute Gasteiger partial charge is 0.371 e. The third-order valence-electron chi connectivity index (χ3n) is 3.55. The molecule has 0 atom stereocenters. The zero-order valence-electron chi connectivity index (χ0n) is 11.1. The van der Waals surface area contributed by atoms with E-state index in [1.54, 1.807) is 12.3 Å². The first-order valence-corrected chi connectivity index (χ1v) is 7.55. The molecule has 1 aliphatic rings. The summed E-state index contributed by atoms with van der Waals surface area (Å²) in [6, 6.07) is 11.3. The van der Waals surface area contributed by atoms with Crippen molar-refractivity contribution in [3.8, 4) is 0 Å². The summed E-state index contributed by atoms with van der Waals surface area (Å²) < 4.78 is 0.916. The van der Waals surface area contributed by atoms with E-state index in [0.29, 0.717) is 5.69 Å². The summed E-state index contributed by atoms with van der Waals surface area (Å²) in [5.74, 6) is -0.0196. The molecule has 1 aromatic carbocycles. The van der Waals surface area contributed by atoms with Crippen LogP contribution < -0.4 is 4.90 Å². The van der Waals surface area contributed by atoms with Gasteiger partial charge in [-0.05, 0) is 43.2 Å². The zero-order valence-corrected chi connectivity index (χ0v) is 12.6. The molecule has 20 heavy (non-hydrogen) atoms. The van der Waals surface area contributed by atoms with Crippen molar-refractivity contribution in [2.24, 2.45) is 0 Å². The van der Waals surface area contributed by atoms with E-state index in [-0.39, 0.29) is 5.78 Å². The highest BCUT2D eigenvalue weighted by Gasteiger charge is 2.21. The molecular weight excluding hydrogens is 316 g/mol. The van der Waals surface area contributed by atoms with E-state index in [1.807, 2.05) is 30.3 Å². The Hall–Kier alpha value is -1.68. The molecule has 1 saturated heterocycles. The molecule has 3 nitrogen and oxygen atoms in total. The Morgan fingerprint density at radius 3 is 2.65 bits per heavy atom. The van der Waals surface area contributed by atoms with Gasteiger partial charge in [-0.1, -0.05) is 22.0 Å². The SMILES string of the molecule is O=C(c1ccccn1)c1cc(Br)ccc1N1CCCC1. The maximum atomic E-state index is 12.7. The van der Waals surface area contributed by atoms with Crippen molar-refractivity contribution in [3.05, 3.63) is 58.3 Å². The average Bonchev–Trinajstić information content (AvgIpc) is 3.01. The lowest BCUT2D eigenvalue weighted by Crippen LogP contribution is -2.21. The van der Waals surface area contributed by atoms with E-state index in [1.165, 1.54) is 12.8 Å². The van der Waals surface area contributed by atoms with Crippen LogP contribution in [0.5, 0.6) is 0 Å². The second-order valence-electron chi connectivity index (χ2n) is 4.90. The third-order valence-corrected chi connectivity index (χ3v) is 4.04. The number of ketones is 1. The summed E-state index contributed by atoms with van der Waals surface area (Å²) in [6.45, 7) is 2.04. The topological polar surface area (TPSA) is 33.2 Å². The Bertz CT molecular complexity index is 622. The Labute approximate surface area is 126 Å². The lowest BCUT2D eigenvalue weighted by molar-refractivity contribution is 0.103. The van der Waals surface area contributed by atoms with Crippen molar-refractivity contribution in [1.82, 2.24) is 4.98 Å². The predicted molar refractivity (Wildman–Crippen MR) is 83.3 cm³/mol. The molecule has 0 unspecified atom stereocenters. The van der Waals surface area contributed by atoms with E-state index >= 15 is 0 Å². The van der Waals surface area contributed by atoms with Gasteiger partial charge in [-0.25, -0.2) is 0 Å². The fourth-order valence-corrected chi connectivity index (χ4v) is 2.92. The maximum absolute atomic E-state index is 12.7. The highest BCUT2D eigenvalue weighted by atomic mass is 79.9. The fraction of sp³-hybridized carbons (Fsp3) is 0.250. The van der Waals surface area contributed by atoms with Gasteiger partial charge in [-0.15, -0.1) is 0 Å². The molecule has 0 radical (unpaired) electrons. The number of benzene rings is 1. The van der Waals surface area contributed by atoms with Crippen LogP contribution in [0.2, 0.25) is 0 Å². The molecule has 2 aromatic rings. The van der Waals surface area contributed by atoms with Gasteiger partial charge in [0.15, 0.2) is 0 Å². The van der Waals surface area contributed by atoms with Crippen LogP contribution in [0.3, 0.4) is 0 Å². The van der Waals surface area contributed by atoms with Crippen molar-refractivity contribution in [1.29, 1.82) is 0 Å². The van der Waals surface area contributed by atoms with E-state index in [0.717, 1.165) is 28.8 Å². The number of carbonyl (C=O) groups is 1. The maximum Gasteiger partial charge on any atom is 0.213 e. The minimum Gasteiger partial charge on any atom is -0.371 e. The first kappa shape index (κ1) is 13.3. The molecule has 0 saturated carbocycles. The third kappa shape index (κ3) is 2.61. The van der Waals surface area contributed by atoms with Crippen LogP contribution >= 0.6 is 15.9 Å². The van der Waals surface area contributed by atoms with Gasteiger partial charge in [0.05, 0.1) is 0 Å². The lowest BCUT2D eigenvalue weighted by atomic mass is 10.0. The Morgan fingerprint density at radius 1 is 1.15 bits per heavy atom. The smallest absolute Gasteiger partial charge is 0.213 e. The fourth-order valence-electron chi connectivity index (χ4n) is 2.56. The van der Waals surface area contributed by atoms with Gasteiger partial charge in [-0.2, -0.15) is 0 Å². The molecule has 0 N–H and O–H groups in total. The van der Waals surface area contributed by atoms with Crippen LogP contribution in [-0.4, -0.2) is 23.9 Å². The summed E-state index contributed by atoms with van der Waals surface area (Å²) in [4.78, 5) is 19.1. The van der Waals surface area contributed by atoms with Crippen LogP contribution in [0.1, 0.15) is 28.9 Å². The van der Waals surface area contributed by atoms with Gasteiger partial charge in [0.1, 0.15) is 5.69 Å². The molecular formula is C16H15BrN2O. The number of hydrogen-bond acceptors (Lipinski definition) is 3. The summed E-state index contributed by atoms with van der Waals surface area (Å²) in [5, 5.41) is 0. The molecule has 1 aliphatic heterocycles. The van der Waals surface area contributed by atoms with E-state index in [9.17, 15) is 4.79 Å². The average molecular weight is 331 g/mol. The molecule has 4 heteroatoms. The number of anilines is 1. The van der Waals surface area contributed by atoms with Crippen molar-refractivity contribution < 1.29 is 4.79 Å². The van der Waals surface area contributed by atoms with Gasteiger partial charge in [0, 0.05) is 35.0 Å². The van der Waals surface area contributed by atoms with Crippen LogP contribution in [0.25, 0.3) is 0 Å². The van der Waals surface area contributed by atoms with Gasteiger partial charge in [0.25, 0.3) is 0 Å². The van der Waals surface area contributed by atoms with Crippen LogP contribution in [0, 0.1) is 0 Å².